The molecular formula is C7H7ClN2O2. The second-order valence-corrected chi connectivity index (χ2v) is 2.67. The molecule has 0 heterocycles. The molecule has 1 rings (SSSR count). The summed E-state index contributed by atoms with van der Waals surface area (Å²) in [5.74, 6) is 0. The number of nitrogens with zero attached hydrogens (tertiary/aromatic N) is 1. The molecule has 0 saturated carbocycles. The molecule has 2 N–H and O–H groups in total. The first-order valence-corrected chi connectivity index (χ1v) is 3.66. The van der Waals surface area contributed by atoms with Gasteiger partial charge in [-0.1, -0.05) is 11.6 Å². The lowest BCUT2D eigenvalue weighted by Gasteiger charge is -1.98. The zero-order valence-electron chi connectivity index (χ0n) is 6.16. The zero-order valence-corrected chi connectivity index (χ0v) is 6.91. The van der Waals surface area contributed by atoms with Crippen molar-refractivity contribution in [2.24, 2.45) is 5.73 Å². The molecule has 1 aromatic carbocycles. The molecule has 0 aliphatic carbocycles. The molecule has 0 bridgehead atoms. The molecule has 0 spiro atoms. The van der Waals surface area contributed by atoms with E-state index in [1.165, 1.54) is 18.2 Å². The highest BCUT2D eigenvalue weighted by molar-refractivity contribution is 6.30. The Morgan fingerprint density at radius 2 is 2.25 bits per heavy atom. The number of hydrogen-bond donors (Lipinski definition) is 1. The summed E-state index contributed by atoms with van der Waals surface area (Å²) in [5.41, 5.74) is 5.76. The third kappa shape index (κ3) is 1.72. The summed E-state index contributed by atoms with van der Waals surface area (Å²) in [6.45, 7) is 0.122. The van der Waals surface area contributed by atoms with Gasteiger partial charge in [-0.25, -0.2) is 0 Å². The smallest absolute Gasteiger partial charge is 0.273 e. The molecule has 5 heteroatoms. The number of rotatable bonds is 2. The average Bonchev–Trinajstić information content (AvgIpc) is 2.03. The van der Waals surface area contributed by atoms with Crippen LogP contribution >= 0.6 is 11.6 Å². The largest absolute Gasteiger partial charge is 0.326 e. The topological polar surface area (TPSA) is 69.2 Å². The predicted octanol–water partition coefficient (Wildman–Crippen LogP) is 1.71. The molecular weight excluding hydrogens is 180 g/mol. The Balaban J connectivity index is 3.20. The van der Waals surface area contributed by atoms with E-state index in [9.17, 15) is 10.1 Å². The second kappa shape index (κ2) is 3.51. The van der Waals surface area contributed by atoms with E-state index < -0.39 is 4.92 Å². The van der Waals surface area contributed by atoms with Crippen LogP contribution in [-0.2, 0) is 6.54 Å². The Morgan fingerprint density at radius 1 is 1.58 bits per heavy atom. The zero-order chi connectivity index (χ0) is 9.14. The summed E-state index contributed by atoms with van der Waals surface area (Å²) in [4.78, 5) is 9.93. The van der Waals surface area contributed by atoms with E-state index in [0.29, 0.717) is 10.6 Å². The van der Waals surface area contributed by atoms with Crippen LogP contribution < -0.4 is 5.73 Å². The molecule has 0 amide bonds. The van der Waals surface area contributed by atoms with Crippen LogP contribution in [0.3, 0.4) is 0 Å². The van der Waals surface area contributed by atoms with Crippen molar-refractivity contribution in [1.82, 2.24) is 0 Å². The van der Waals surface area contributed by atoms with Crippen LogP contribution in [-0.4, -0.2) is 4.92 Å². The van der Waals surface area contributed by atoms with Crippen molar-refractivity contribution in [2.75, 3.05) is 0 Å². The van der Waals surface area contributed by atoms with Crippen molar-refractivity contribution in [3.63, 3.8) is 0 Å². The Labute approximate surface area is 74.1 Å². The van der Waals surface area contributed by atoms with Crippen molar-refractivity contribution in [1.29, 1.82) is 0 Å². The van der Waals surface area contributed by atoms with Crippen LogP contribution in [0.1, 0.15) is 5.56 Å². The van der Waals surface area contributed by atoms with Crippen LogP contribution in [0.5, 0.6) is 0 Å². The van der Waals surface area contributed by atoms with E-state index in [4.69, 9.17) is 17.3 Å². The minimum atomic E-state index is -0.474. The first-order valence-electron chi connectivity index (χ1n) is 3.28. The standard InChI is InChI=1S/C7H7ClN2O2/c8-6-1-2-7(10(11)12)5(3-6)4-9/h1-3H,4,9H2. The normalized spacial score (nSPS) is 9.83. The Kier molecular flexibility index (Phi) is 2.62. The molecule has 64 valence electrons. The lowest BCUT2D eigenvalue weighted by atomic mass is 10.2. The summed E-state index contributed by atoms with van der Waals surface area (Å²) in [7, 11) is 0. The molecule has 0 unspecified atom stereocenters. The number of benzene rings is 1. The molecule has 4 nitrogen and oxygen atoms in total. The molecule has 0 radical (unpaired) electrons. The lowest BCUT2D eigenvalue weighted by molar-refractivity contribution is -0.385. The van der Waals surface area contributed by atoms with Gasteiger partial charge in [0.05, 0.1) is 4.92 Å². The van der Waals surface area contributed by atoms with E-state index in [2.05, 4.69) is 0 Å². The fourth-order valence-corrected chi connectivity index (χ4v) is 1.09. The van der Waals surface area contributed by atoms with E-state index in [1.54, 1.807) is 0 Å². The van der Waals surface area contributed by atoms with Gasteiger partial charge in [0.15, 0.2) is 0 Å². The van der Waals surface area contributed by atoms with E-state index >= 15 is 0 Å². The van der Waals surface area contributed by atoms with Gasteiger partial charge in [0.25, 0.3) is 5.69 Å². The van der Waals surface area contributed by atoms with Gasteiger partial charge in [-0.15, -0.1) is 0 Å². The second-order valence-electron chi connectivity index (χ2n) is 2.23. The highest BCUT2D eigenvalue weighted by atomic mass is 35.5. The van der Waals surface area contributed by atoms with Gasteiger partial charge in [0.2, 0.25) is 0 Å². The summed E-state index contributed by atoms with van der Waals surface area (Å²) < 4.78 is 0. The lowest BCUT2D eigenvalue weighted by Crippen LogP contribution is -2.01. The van der Waals surface area contributed by atoms with Crippen molar-refractivity contribution < 1.29 is 4.92 Å². The van der Waals surface area contributed by atoms with Gasteiger partial charge in [0, 0.05) is 23.2 Å². The Hall–Kier alpha value is -1.13. The quantitative estimate of drug-likeness (QED) is 0.565. The van der Waals surface area contributed by atoms with Crippen molar-refractivity contribution in [3.8, 4) is 0 Å². The monoisotopic (exact) mass is 186 g/mol. The minimum Gasteiger partial charge on any atom is -0.326 e. The van der Waals surface area contributed by atoms with Crippen LogP contribution in [0.25, 0.3) is 0 Å². The minimum absolute atomic E-state index is 0.0156. The Morgan fingerprint density at radius 3 is 2.75 bits per heavy atom. The number of halogens is 1. The maximum absolute atomic E-state index is 10.4. The summed E-state index contributed by atoms with van der Waals surface area (Å²) in [5, 5.41) is 10.9. The number of nitro benzene ring substituents is 1. The van der Waals surface area contributed by atoms with Crippen molar-refractivity contribution >= 4 is 17.3 Å². The van der Waals surface area contributed by atoms with Gasteiger partial charge < -0.3 is 5.73 Å². The van der Waals surface area contributed by atoms with E-state index in [1.807, 2.05) is 0 Å². The molecule has 0 fully saturated rings. The summed E-state index contributed by atoms with van der Waals surface area (Å²) in [6, 6.07) is 4.32. The van der Waals surface area contributed by atoms with Crippen molar-refractivity contribution in [2.45, 2.75) is 6.54 Å². The Bertz CT molecular complexity index is 314. The SMILES string of the molecule is NCc1cc(Cl)ccc1[N+](=O)[O-]. The fraction of sp³-hybridized carbons (Fsp3) is 0.143. The third-order valence-electron chi connectivity index (χ3n) is 1.46. The number of nitrogens with two attached hydrogens (primary N) is 1. The summed E-state index contributed by atoms with van der Waals surface area (Å²) in [6.07, 6.45) is 0. The molecule has 0 aliphatic heterocycles. The predicted molar refractivity (Wildman–Crippen MR) is 46.0 cm³/mol. The van der Waals surface area contributed by atoms with Crippen LogP contribution in [0.4, 0.5) is 5.69 Å². The van der Waals surface area contributed by atoms with Gasteiger partial charge in [-0.2, -0.15) is 0 Å². The van der Waals surface area contributed by atoms with Crippen LogP contribution in [0.15, 0.2) is 18.2 Å². The van der Waals surface area contributed by atoms with Crippen LogP contribution in [0.2, 0.25) is 5.02 Å². The first-order chi connectivity index (χ1) is 5.65. The summed E-state index contributed by atoms with van der Waals surface area (Å²) >= 11 is 5.62. The van der Waals surface area contributed by atoms with E-state index in [-0.39, 0.29) is 12.2 Å². The molecule has 0 aromatic heterocycles. The molecule has 0 aliphatic rings. The van der Waals surface area contributed by atoms with E-state index in [0.717, 1.165) is 0 Å². The first kappa shape index (κ1) is 8.96. The fourth-order valence-electron chi connectivity index (χ4n) is 0.896. The molecule has 12 heavy (non-hydrogen) atoms. The average molecular weight is 187 g/mol. The molecule has 1 aromatic rings. The number of nitro groups is 1. The van der Waals surface area contributed by atoms with Crippen LogP contribution in [0, 0.1) is 10.1 Å². The third-order valence-corrected chi connectivity index (χ3v) is 1.69. The van der Waals surface area contributed by atoms with Gasteiger partial charge in [-0.05, 0) is 12.1 Å². The maximum atomic E-state index is 10.4. The molecule has 0 atom stereocenters. The molecule has 0 saturated heterocycles. The van der Waals surface area contributed by atoms with Gasteiger partial charge in [0.1, 0.15) is 0 Å². The highest BCUT2D eigenvalue weighted by Crippen LogP contribution is 2.21. The highest BCUT2D eigenvalue weighted by Gasteiger charge is 2.11. The van der Waals surface area contributed by atoms with Gasteiger partial charge in [-0.3, -0.25) is 10.1 Å². The van der Waals surface area contributed by atoms with Gasteiger partial charge >= 0.3 is 0 Å². The maximum Gasteiger partial charge on any atom is 0.273 e. The van der Waals surface area contributed by atoms with Crippen molar-refractivity contribution in [3.05, 3.63) is 38.9 Å². The number of hydrogen-bond acceptors (Lipinski definition) is 3.